The quantitative estimate of drug-likeness (QED) is 0.795. The fourth-order valence-electron chi connectivity index (χ4n) is 1.16. The van der Waals surface area contributed by atoms with Crippen LogP contribution in [0.5, 0.6) is 11.5 Å². The number of rotatable bonds is 2. The fourth-order valence-corrected chi connectivity index (χ4v) is 1.16. The standard InChI is InChI=1S/C11H8F2N2O/c12-8-6-11(9(13)5-10(8)14)16-7-1-3-15-4-2-7/h1-6H,14H2. The second kappa shape index (κ2) is 4.14. The van der Waals surface area contributed by atoms with Crippen molar-refractivity contribution in [1.82, 2.24) is 4.98 Å². The molecule has 16 heavy (non-hydrogen) atoms. The van der Waals surface area contributed by atoms with Crippen molar-refractivity contribution in [1.29, 1.82) is 0 Å². The van der Waals surface area contributed by atoms with E-state index in [2.05, 4.69) is 4.98 Å². The molecule has 0 aliphatic carbocycles. The van der Waals surface area contributed by atoms with Gasteiger partial charge in [-0.05, 0) is 12.1 Å². The number of aromatic nitrogens is 1. The van der Waals surface area contributed by atoms with Crippen molar-refractivity contribution in [3.63, 3.8) is 0 Å². The maximum Gasteiger partial charge on any atom is 0.167 e. The SMILES string of the molecule is Nc1cc(F)c(Oc2ccncc2)cc1F. The van der Waals surface area contributed by atoms with Gasteiger partial charge in [0, 0.05) is 24.5 Å². The lowest BCUT2D eigenvalue weighted by atomic mass is 10.3. The number of nitrogens with zero attached hydrogens (tertiary/aromatic N) is 1. The van der Waals surface area contributed by atoms with Gasteiger partial charge in [-0.1, -0.05) is 0 Å². The molecule has 0 spiro atoms. The van der Waals surface area contributed by atoms with Gasteiger partial charge in [-0.2, -0.15) is 0 Å². The molecule has 5 heteroatoms. The molecule has 0 bridgehead atoms. The minimum Gasteiger partial charge on any atom is -0.454 e. The summed E-state index contributed by atoms with van der Waals surface area (Å²) in [5.41, 5.74) is 4.95. The van der Waals surface area contributed by atoms with E-state index < -0.39 is 11.6 Å². The van der Waals surface area contributed by atoms with Crippen molar-refractivity contribution in [3.05, 3.63) is 48.3 Å². The Morgan fingerprint density at radius 1 is 1.06 bits per heavy atom. The predicted octanol–water partition coefficient (Wildman–Crippen LogP) is 2.73. The van der Waals surface area contributed by atoms with E-state index in [4.69, 9.17) is 10.5 Å². The third-order valence-electron chi connectivity index (χ3n) is 1.93. The Labute approximate surface area is 90.5 Å². The largest absolute Gasteiger partial charge is 0.454 e. The molecule has 1 heterocycles. The van der Waals surface area contributed by atoms with Gasteiger partial charge in [0.25, 0.3) is 0 Å². The number of anilines is 1. The molecule has 0 aliphatic rings. The molecule has 0 amide bonds. The van der Waals surface area contributed by atoms with Crippen LogP contribution in [0.3, 0.4) is 0 Å². The Morgan fingerprint density at radius 3 is 2.44 bits per heavy atom. The zero-order valence-corrected chi connectivity index (χ0v) is 8.15. The van der Waals surface area contributed by atoms with Gasteiger partial charge in [0.2, 0.25) is 0 Å². The molecule has 1 aromatic heterocycles. The number of nitrogen functional groups attached to an aromatic ring is 1. The highest BCUT2D eigenvalue weighted by molar-refractivity contribution is 5.45. The Bertz CT molecular complexity index is 503. The molecule has 3 nitrogen and oxygen atoms in total. The zero-order valence-electron chi connectivity index (χ0n) is 8.15. The van der Waals surface area contributed by atoms with E-state index in [1.54, 1.807) is 0 Å². The van der Waals surface area contributed by atoms with Crippen LogP contribution in [0.4, 0.5) is 14.5 Å². The van der Waals surface area contributed by atoms with E-state index in [1.807, 2.05) is 0 Å². The van der Waals surface area contributed by atoms with Crippen LogP contribution in [0.15, 0.2) is 36.7 Å². The van der Waals surface area contributed by atoms with Gasteiger partial charge in [-0.25, -0.2) is 8.78 Å². The highest BCUT2D eigenvalue weighted by Gasteiger charge is 2.09. The van der Waals surface area contributed by atoms with Gasteiger partial charge < -0.3 is 10.5 Å². The summed E-state index contributed by atoms with van der Waals surface area (Å²) < 4.78 is 31.5. The van der Waals surface area contributed by atoms with Gasteiger partial charge in [0.1, 0.15) is 11.6 Å². The molecule has 0 saturated carbocycles. The van der Waals surface area contributed by atoms with E-state index in [0.29, 0.717) is 5.75 Å². The summed E-state index contributed by atoms with van der Waals surface area (Å²) in [6.45, 7) is 0. The lowest BCUT2D eigenvalue weighted by Crippen LogP contribution is -1.95. The molecular weight excluding hydrogens is 214 g/mol. The molecule has 2 rings (SSSR count). The topological polar surface area (TPSA) is 48.1 Å². The van der Waals surface area contributed by atoms with E-state index in [9.17, 15) is 8.78 Å². The molecule has 0 radical (unpaired) electrons. The summed E-state index contributed by atoms with van der Waals surface area (Å²) in [4.78, 5) is 3.77. The van der Waals surface area contributed by atoms with Crippen LogP contribution < -0.4 is 10.5 Å². The van der Waals surface area contributed by atoms with Crippen LogP contribution in [0.2, 0.25) is 0 Å². The van der Waals surface area contributed by atoms with Crippen LogP contribution in [0.25, 0.3) is 0 Å². The molecule has 82 valence electrons. The first-order valence-corrected chi connectivity index (χ1v) is 4.49. The fraction of sp³-hybridized carbons (Fsp3) is 0. The normalized spacial score (nSPS) is 10.1. The second-order valence-electron chi connectivity index (χ2n) is 3.09. The number of ether oxygens (including phenoxy) is 1. The monoisotopic (exact) mass is 222 g/mol. The molecule has 0 unspecified atom stereocenters. The third kappa shape index (κ3) is 2.08. The number of benzene rings is 1. The minimum atomic E-state index is -0.717. The minimum absolute atomic E-state index is 0.210. The van der Waals surface area contributed by atoms with Gasteiger partial charge >= 0.3 is 0 Å². The molecule has 2 aromatic rings. The van der Waals surface area contributed by atoms with E-state index in [-0.39, 0.29) is 11.4 Å². The molecule has 0 fully saturated rings. The summed E-state index contributed by atoms with van der Waals surface area (Å²) >= 11 is 0. The number of hydrogen-bond acceptors (Lipinski definition) is 3. The van der Waals surface area contributed by atoms with Crippen molar-refractivity contribution in [2.75, 3.05) is 5.73 Å². The van der Waals surface area contributed by atoms with Gasteiger partial charge in [-0.15, -0.1) is 0 Å². The second-order valence-corrected chi connectivity index (χ2v) is 3.09. The average molecular weight is 222 g/mol. The first-order valence-electron chi connectivity index (χ1n) is 4.49. The molecule has 0 saturated heterocycles. The van der Waals surface area contributed by atoms with E-state index >= 15 is 0 Å². The van der Waals surface area contributed by atoms with Crippen molar-refractivity contribution in [2.24, 2.45) is 0 Å². The molecule has 0 aliphatic heterocycles. The van der Waals surface area contributed by atoms with Crippen molar-refractivity contribution >= 4 is 5.69 Å². The third-order valence-corrected chi connectivity index (χ3v) is 1.93. The van der Waals surface area contributed by atoms with Crippen LogP contribution in [0.1, 0.15) is 0 Å². The predicted molar refractivity (Wildman–Crippen MR) is 55.1 cm³/mol. The summed E-state index contributed by atoms with van der Waals surface area (Å²) in [6, 6.07) is 4.86. The highest BCUT2D eigenvalue weighted by atomic mass is 19.1. The number of halogens is 2. The van der Waals surface area contributed by atoms with Crippen LogP contribution in [-0.4, -0.2) is 4.98 Å². The lowest BCUT2D eigenvalue weighted by Gasteiger charge is -2.07. The Morgan fingerprint density at radius 2 is 1.75 bits per heavy atom. The van der Waals surface area contributed by atoms with Gasteiger partial charge in [-0.3, -0.25) is 4.98 Å². The summed E-state index contributed by atoms with van der Waals surface area (Å²) in [6.07, 6.45) is 2.97. The summed E-state index contributed by atoms with van der Waals surface area (Å²) in [5, 5.41) is 0. The first kappa shape index (κ1) is 10.4. The molecular formula is C11H8F2N2O. The highest BCUT2D eigenvalue weighted by Crippen LogP contribution is 2.27. The van der Waals surface area contributed by atoms with E-state index in [1.165, 1.54) is 24.5 Å². The maximum absolute atomic E-state index is 13.3. The van der Waals surface area contributed by atoms with Gasteiger partial charge in [0.15, 0.2) is 11.6 Å². The Kier molecular flexibility index (Phi) is 2.68. The average Bonchev–Trinajstić information content (AvgIpc) is 2.27. The summed E-state index contributed by atoms with van der Waals surface area (Å²) in [5.74, 6) is -1.27. The molecule has 2 N–H and O–H groups in total. The molecule has 0 atom stereocenters. The van der Waals surface area contributed by atoms with Gasteiger partial charge in [0.05, 0.1) is 5.69 Å². The number of pyridine rings is 1. The van der Waals surface area contributed by atoms with Crippen LogP contribution in [0, 0.1) is 11.6 Å². The number of hydrogen-bond donors (Lipinski definition) is 1. The Hall–Kier alpha value is -2.17. The van der Waals surface area contributed by atoms with Crippen molar-refractivity contribution in [2.45, 2.75) is 0 Å². The number of nitrogens with two attached hydrogens (primary N) is 1. The summed E-state index contributed by atoms with van der Waals surface area (Å²) in [7, 11) is 0. The molecule has 1 aromatic carbocycles. The first-order chi connectivity index (χ1) is 7.66. The van der Waals surface area contributed by atoms with Crippen molar-refractivity contribution in [3.8, 4) is 11.5 Å². The smallest absolute Gasteiger partial charge is 0.167 e. The van der Waals surface area contributed by atoms with E-state index in [0.717, 1.165) is 12.1 Å². The van der Waals surface area contributed by atoms with Crippen molar-refractivity contribution < 1.29 is 13.5 Å². The lowest BCUT2D eigenvalue weighted by molar-refractivity contribution is 0.436. The van der Waals surface area contributed by atoms with Crippen LogP contribution in [-0.2, 0) is 0 Å². The van der Waals surface area contributed by atoms with Crippen LogP contribution >= 0.6 is 0 Å². The Balaban J connectivity index is 2.32. The zero-order chi connectivity index (χ0) is 11.5. The maximum atomic E-state index is 13.3.